The number of aromatic nitrogens is 1. The van der Waals surface area contributed by atoms with Gasteiger partial charge in [-0.1, -0.05) is 23.8 Å². The topological polar surface area (TPSA) is 59.5 Å². The van der Waals surface area contributed by atoms with Crippen molar-refractivity contribution in [1.82, 2.24) is 4.98 Å². The minimum atomic E-state index is -0.393. The Morgan fingerprint density at radius 3 is 2.54 bits per heavy atom. The average molecular weight is 394 g/mol. The summed E-state index contributed by atoms with van der Waals surface area (Å²) in [7, 11) is 0. The molecule has 0 saturated heterocycles. The average Bonchev–Trinajstić information content (AvgIpc) is 3.11. The molecule has 0 N–H and O–H groups in total. The van der Waals surface area contributed by atoms with Crippen molar-refractivity contribution in [2.45, 2.75) is 34.3 Å². The first-order valence-corrected chi connectivity index (χ1v) is 9.79. The highest BCUT2D eigenvalue weighted by molar-refractivity contribution is 7.14. The molecule has 0 bridgehead atoms. The second kappa shape index (κ2) is 8.35. The van der Waals surface area contributed by atoms with E-state index < -0.39 is 5.97 Å². The molecule has 1 amide bonds. The van der Waals surface area contributed by atoms with Crippen LogP contribution in [0.25, 0.3) is 0 Å². The smallest absolute Gasteiger partial charge is 0.338 e. The van der Waals surface area contributed by atoms with Gasteiger partial charge in [-0.25, -0.2) is 9.78 Å². The summed E-state index contributed by atoms with van der Waals surface area (Å²) < 4.78 is 5.37. The summed E-state index contributed by atoms with van der Waals surface area (Å²) in [5.74, 6) is -0.517. The zero-order valence-corrected chi connectivity index (χ0v) is 17.2. The number of esters is 1. The predicted octanol–water partition coefficient (Wildman–Crippen LogP) is 5.11. The maximum Gasteiger partial charge on any atom is 0.338 e. The highest BCUT2D eigenvalue weighted by Gasteiger charge is 2.19. The van der Waals surface area contributed by atoms with Crippen LogP contribution in [0.15, 0.2) is 47.8 Å². The Morgan fingerprint density at radius 1 is 1.07 bits per heavy atom. The Bertz CT molecular complexity index is 1030. The summed E-state index contributed by atoms with van der Waals surface area (Å²) in [5.41, 5.74) is 5.15. The van der Waals surface area contributed by atoms with Crippen molar-refractivity contribution in [3.05, 3.63) is 75.8 Å². The van der Waals surface area contributed by atoms with Gasteiger partial charge >= 0.3 is 5.97 Å². The van der Waals surface area contributed by atoms with Crippen LogP contribution in [-0.4, -0.2) is 16.9 Å². The van der Waals surface area contributed by atoms with Gasteiger partial charge in [-0.2, -0.15) is 0 Å². The second-order valence-electron chi connectivity index (χ2n) is 6.69. The molecule has 1 aromatic heterocycles. The van der Waals surface area contributed by atoms with E-state index in [1.807, 2.05) is 51.1 Å². The van der Waals surface area contributed by atoms with Gasteiger partial charge in [-0.3, -0.25) is 9.69 Å². The number of carbonyl (C=O) groups excluding carboxylic acids is 2. The first kappa shape index (κ1) is 19.8. The van der Waals surface area contributed by atoms with E-state index in [4.69, 9.17) is 4.74 Å². The molecule has 0 unspecified atom stereocenters. The minimum absolute atomic E-state index is 0.0575. The van der Waals surface area contributed by atoms with E-state index in [0.29, 0.717) is 16.4 Å². The molecule has 0 fully saturated rings. The Balaban J connectivity index is 1.75. The number of carbonyl (C=O) groups is 2. The number of hydrogen-bond donors (Lipinski definition) is 0. The maximum absolute atomic E-state index is 12.2. The fraction of sp³-hybridized carbons (Fsp3) is 0.227. The summed E-state index contributed by atoms with van der Waals surface area (Å²) in [6.07, 6.45) is 0. The van der Waals surface area contributed by atoms with Crippen molar-refractivity contribution in [3.8, 4) is 0 Å². The van der Waals surface area contributed by atoms with Gasteiger partial charge < -0.3 is 4.74 Å². The lowest BCUT2D eigenvalue weighted by Crippen LogP contribution is -2.22. The Hall–Kier alpha value is -2.99. The lowest BCUT2D eigenvalue weighted by atomic mass is 10.1. The van der Waals surface area contributed by atoms with E-state index >= 15 is 0 Å². The summed E-state index contributed by atoms with van der Waals surface area (Å²) >= 11 is 1.34. The number of nitrogens with zero attached hydrogens (tertiary/aromatic N) is 2. The van der Waals surface area contributed by atoms with Crippen molar-refractivity contribution in [2.75, 3.05) is 4.90 Å². The van der Waals surface area contributed by atoms with E-state index in [0.717, 1.165) is 22.4 Å². The maximum atomic E-state index is 12.2. The molecule has 1 heterocycles. The zero-order chi connectivity index (χ0) is 20.3. The zero-order valence-electron chi connectivity index (χ0n) is 16.4. The van der Waals surface area contributed by atoms with E-state index in [9.17, 15) is 9.59 Å². The van der Waals surface area contributed by atoms with Crippen molar-refractivity contribution < 1.29 is 14.3 Å². The van der Waals surface area contributed by atoms with Crippen LogP contribution >= 0.6 is 11.3 Å². The Labute approximate surface area is 168 Å². The van der Waals surface area contributed by atoms with Crippen LogP contribution < -0.4 is 4.90 Å². The molecular weight excluding hydrogens is 372 g/mol. The van der Waals surface area contributed by atoms with Crippen LogP contribution in [-0.2, 0) is 16.1 Å². The minimum Gasteiger partial charge on any atom is -0.456 e. The second-order valence-corrected chi connectivity index (χ2v) is 7.53. The molecule has 0 aliphatic rings. The largest absolute Gasteiger partial charge is 0.456 e. The molecular formula is C22H22N2O3S. The first-order valence-electron chi connectivity index (χ1n) is 8.91. The molecule has 3 aromatic rings. The van der Waals surface area contributed by atoms with Crippen molar-refractivity contribution in [3.63, 3.8) is 0 Å². The molecule has 0 spiro atoms. The number of ether oxygens (including phenoxy) is 1. The normalized spacial score (nSPS) is 10.6. The SMILES string of the molecule is CC(=O)N(c1ccc(C)c(C)c1)c1nc(COC(=O)c2cccc(C)c2)cs1. The molecule has 3 rings (SSSR count). The van der Waals surface area contributed by atoms with Gasteiger partial charge in [0.1, 0.15) is 6.61 Å². The number of anilines is 2. The summed E-state index contributed by atoms with van der Waals surface area (Å²) in [6, 6.07) is 13.1. The first-order chi connectivity index (χ1) is 13.3. The van der Waals surface area contributed by atoms with Crippen molar-refractivity contribution >= 4 is 34.0 Å². The fourth-order valence-electron chi connectivity index (χ4n) is 2.75. The summed E-state index contributed by atoms with van der Waals surface area (Å²) in [6.45, 7) is 7.53. The molecule has 0 aliphatic carbocycles. The highest BCUT2D eigenvalue weighted by Crippen LogP contribution is 2.30. The molecule has 0 atom stereocenters. The molecule has 144 valence electrons. The fourth-order valence-corrected chi connectivity index (χ4v) is 3.62. The highest BCUT2D eigenvalue weighted by atomic mass is 32.1. The van der Waals surface area contributed by atoms with Crippen molar-refractivity contribution in [1.29, 1.82) is 0 Å². The van der Waals surface area contributed by atoms with Crippen LogP contribution in [0.5, 0.6) is 0 Å². The number of benzene rings is 2. The van der Waals surface area contributed by atoms with Gasteiger partial charge in [-0.15, -0.1) is 11.3 Å². The van der Waals surface area contributed by atoms with Gasteiger partial charge in [0.15, 0.2) is 5.13 Å². The number of rotatable bonds is 5. The lowest BCUT2D eigenvalue weighted by molar-refractivity contribution is -0.115. The number of aryl methyl sites for hydroxylation is 3. The van der Waals surface area contributed by atoms with E-state index in [1.165, 1.54) is 18.3 Å². The molecule has 0 aliphatic heterocycles. The molecule has 0 saturated carbocycles. The third-order valence-electron chi connectivity index (χ3n) is 4.40. The van der Waals surface area contributed by atoms with Gasteiger partial charge in [0.25, 0.3) is 0 Å². The standard InChI is InChI=1S/C22H22N2O3S/c1-14-6-5-7-18(10-14)21(26)27-12-19-13-28-22(23-19)24(17(4)25)20-9-8-15(2)16(3)11-20/h5-11,13H,12H2,1-4H3. The third-order valence-corrected chi connectivity index (χ3v) is 5.27. The van der Waals surface area contributed by atoms with Crippen LogP contribution in [0.2, 0.25) is 0 Å². The van der Waals surface area contributed by atoms with E-state index in [1.54, 1.807) is 22.4 Å². The van der Waals surface area contributed by atoms with Gasteiger partial charge in [0, 0.05) is 12.3 Å². The van der Waals surface area contributed by atoms with E-state index in [2.05, 4.69) is 4.98 Å². The van der Waals surface area contributed by atoms with Gasteiger partial charge in [0.05, 0.1) is 16.9 Å². The van der Waals surface area contributed by atoms with Crippen LogP contribution in [0.4, 0.5) is 10.8 Å². The quantitative estimate of drug-likeness (QED) is 0.564. The molecule has 28 heavy (non-hydrogen) atoms. The predicted molar refractivity (Wildman–Crippen MR) is 111 cm³/mol. The third kappa shape index (κ3) is 4.46. The molecule has 2 aromatic carbocycles. The van der Waals surface area contributed by atoms with E-state index in [-0.39, 0.29) is 12.5 Å². The summed E-state index contributed by atoms with van der Waals surface area (Å²) in [4.78, 5) is 30.5. The van der Waals surface area contributed by atoms with Gasteiger partial charge in [0.2, 0.25) is 5.91 Å². The number of thiazole rings is 1. The lowest BCUT2D eigenvalue weighted by Gasteiger charge is -2.19. The molecule has 6 heteroatoms. The Kier molecular flexibility index (Phi) is 5.90. The van der Waals surface area contributed by atoms with Crippen molar-refractivity contribution in [2.24, 2.45) is 0 Å². The van der Waals surface area contributed by atoms with Crippen LogP contribution in [0.3, 0.4) is 0 Å². The number of hydrogen-bond acceptors (Lipinski definition) is 5. The molecule has 5 nitrogen and oxygen atoms in total. The van der Waals surface area contributed by atoms with Gasteiger partial charge in [-0.05, 0) is 56.2 Å². The Morgan fingerprint density at radius 2 is 1.86 bits per heavy atom. The van der Waals surface area contributed by atoms with Crippen LogP contribution in [0.1, 0.15) is 39.7 Å². The molecule has 0 radical (unpaired) electrons. The monoisotopic (exact) mass is 394 g/mol. The van der Waals surface area contributed by atoms with Crippen LogP contribution in [0, 0.1) is 20.8 Å². The number of amides is 1. The summed E-state index contributed by atoms with van der Waals surface area (Å²) in [5, 5.41) is 2.35.